The first-order chi connectivity index (χ1) is 13.1. The summed E-state index contributed by atoms with van der Waals surface area (Å²) < 4.78 is 0. The van der Waals surface area contributed by atoms with Gasteiger partial charge < -0.3 is 5.32 Å². The molecule has 0 bridgehead atoms. The number of anilines is 1. The first-order valence-corrected chi connectivity index (χ1v) is 9.38. The highest BCUT2D eigenvalue weighted by Crippen LogP contribution is 2.54. The normalized spacial score (nSPS) is 22.3. The molecular formula is C22H17ClN2O2. The molecule has 4 nitrogen and oxygen atoms in total. The predicted octanol–water partition coefficient (Wildman–Crippen LogP) is 5.72. The fourth-order valence-electron chi connectivity index (χ4n) is 4.66. The van der Waals surface area contributed by atoms with Gasteiger partial charge in [0, 0.05) is 28.8 Å². The van der Waals surface area contributed by atoms with Crippen molar-refractivity contribution in [3.05, 3.63) is 104 Å². The van der Waals surface area contributed by atoms with Crippen LogP contribution in [0.3, 0.4) is 0 Å². The van der Waals surface area contributed by atoms with Crippen LogP contribution in [0.2, 0.25) is 5.02 Å². The molecule has 27 heavy (non-hydrogen) atoms. The number of nitro benzene ring substituents is 1. The van der Waals surface area contributed by atoms with E-state index >= 15 is 0 Å². The lowest BCUT2D eigenvalue weighted by molar-refractivity contribution is -0.384. The largest absolute Gasteiger partial charge is 0.378 e. The molecule has 1 aliphatic heterocycles. The fourth-order valence-corrected chi connectivity index (χ4v) is 4.79. The maximum Gasteiger partial charge on any atom is 0.269 e. The number of halogens is 1. The second kappa shape index (κ2) is 6.10. The van der Waals surface area contributed by atoms with Gasteiger partial charge in [0.1, 0.15) is 0 Å². The summed E-state index contributed by atoms with van der Waals surface area (Å²) >= 11 is 6.08. The summed E-state index contributed by atoms with van der Waals surface area (Å²) in [6.07, 6.45) is 0.948. The zero-order valence-electron chi connectivity index (χ0n) is 14.4. The van der Waals surface area contributed by atoms with E-state index in [4.69, 9.17) is 11.6 Å². The number of nitrogens with zero attached hydrogens (tertiary/aromatic N) is 1. The van der Waals surface area contributed by atoms with E-state index in [1.807, 2.05) is 18.2 Å². The number of nitrogens with one attached hydrogen (secondary N) is 1. The van der Waals surface area contributed by atoms with E-state index in [-0.39, 0.29) is 22.6 Å². The first kappa shape index (κ1) is 16.3. The van der Waals surface area contributed by atoms with Crippen LogP contribution in [-0.2, 0) is 6.42 Å². The van der Waals surface area contributed by atoms with E-state index in [0.29, 0.717) is 5.92 Å². The van der Waals surface area contributed by atoms with Crippen molar-refractivity contribution in [3.8, 4) is 0 Å². The van der Waals surface area contributed by atoms with Crippen molar-refractivity contribution in [2.75, 3.05) is 5.32 Å². The molecule has 0 unspecified atom stereocenters. The van der Waals surface area contributed by atoms with Crippen LogP contribution in [-0.4, -0.2) is 4.92 Å². The van der Waals surface area contributed by atoms with Crippen molar-refractivity contribution in [2.45, 2.75) is 18.4 Å². The van der Waals surface area contributed by atoms with Gasteiger partial charge in [0.25, 0.3) is 5.69 Å². The molecule has 1 heterocycles. The van der Waals surface area contributed by atoms with Gasteiger partial charge in [-0.25, -0.2) is 0 Å². The summed E-state index contributed by atoms with van der Waals surface area (Å²) in [5, 5.41) is 15.7. The van der Waals surface area contributed by atoms with Crippen LogP contribution in [0.15, 0.2) is 66.7 Å². The van der Waals surface area contributed by atoms with Crippen LogP contribution in [0.25, 0.3) is 0 Å². The Bertz CT molecular complexity index is 1050. The lowest BCUT2D eigenvalue weighted by Gasteiger charge is -2.37. The Hall–Kier alpha value is -2.85. The third-order valence-electron chi connectivity index (χ3n) is 5.82. The van der Waals surface area contributed by atoms with E-state index in [2.05, 4.69) is 41.7 Å². The maximum atomic E-state index is 11.3. The van der Waals surface area contributed by atoms with Gasteiger partial charge in [0.05, 0.1) is 11.0 Å². The van der Waals surface area contributed by atoms with E-state index in [0.717, 1.165) is 22.7 Å². The van der Waals surface area contributed by atoms with Crippen LogP contribution in [0.1, 0.15) is 34.2 Å². The molecule has 1 N–H and O–H groups in total. The average molecular weight is 377 g/mol. The summed E-state index contributed by atoms with van der Waals surface area (Å²) in [7, 11) is 0. The van der Waals surface area contributed by atoms with Gasteiger partial charge in [-0.2, -0.15) is 0 Å². The first-order valence-electron chi connectivity index (χ1n) is 9.00. The minimum Gasteiger partial charge on any atom is -0.378 e. The van der Waals surface area contributed by atoms with Crippen molar-refractivity contribution < 1.29 is 4.92 Å². The molecule has 1 aliphatic carbocycles. The third-order valence-corrected chi connectivity index (χ3v) is 6.08. The molecule has 0 amide bonds. The summed E-state index contributed by atoms with van der Waals surface area (Å²) in [5.74, 6) is 0.455. The summed E-state index contributed by atoms with van der Waals surface area (Å²) in [6, 6.07) is 21.7. The van der Waals surface area contributed by atoms with Crippen LogP contribution < -0.4 is 5.32 Å². The van der Waals surface area contributed by atoms with Gasteiger partial charge in [-0.15, -0.1) is 0 Å². The predicted molar refractivity (Wildman–Crippen MR) is 106 cm³/mol. The van der Waals surface area contributed by atoms with Crippen LogP contribution >= 0.6 is 11.6 Å². The number of hydrogen-bond donors (Lipinski definition) is 1. The number of benzene rings is 3. The van der Waals surface area contributed by atoms with Crippen LogP contribution in [0.5, 0.6) is 0 Å². The average Bonchev–Trinajstić information content (AvgIpc) is 3.07. The number of hydrogen-bond acceptors (Lipinski definition) is 3. The lowest BCUT2D eigenvalue weighted by Crippen LogP contribution is -2.30. The van der Waals surface area contributed by atoms with E-state index in [1.54, 1.807) is 12.1 Å². The molecule has 5 rings (SSSR count). The Kier molecular flexibility index (Phi) is 3.69. The standard InChI is InChI=1S/C22H17ClN2O2/c23-15-7-5-13(6-8-15)22-19-11-14-3-1-2-4-17(14)21(19)18-12-16(25(26)27)9-10-20(18)24-22/h1-10,12,19,21-22,24H,11H2/t19-,21-,22+/m0/s1. The van der Waals surface area contributed by atoms with Crippen molar-refractivity contribution in [3.63, 3.8) is 0 Å². The molecule has 0 saturated carbocycles. The molecule has 0 saturated heterocycles. The van der Waals surface area contributed by atoms with Gasteiger partial charge in [-0.1, -0.05) is 48.0 Å². The Balaban J connectivity index is 1.68. The smallest absolute Gasteiger partial charge is 0.269 e. The molecule has 3 aromatic carbocycles. The van der Waals surface area contributed by atoms with E-state index < -0.39 is 0 Å². The van der Waals surface area contributed by atoms with Gasteiger partial charge in [-0.3, -0.25) is 10.1 Å². The number of fused-ring (bicyclic) bond motifs is 5. The van der Waals surface area contributed by atoms with Crippen LogP contribution in [0, 0.1) is 16.0 Å². The zero-order valence-corrected chi connectivity index (χ0v) is 15.2. The third kappa shape index (κ3) is 2.60. The van der Waals surface area contributed by atoms with Crippen LogP contribution in [0.4, 0.5) is 11.4 Å². The monoisotopic (exact) mass is 376 g/mol. The van der Waals surface area contributed by atoms with Gasteiger partial charge in [0.15, 0.2) is 0 Å². The van der Waals surface area contributed by atoms with Crippen molar-refractivity contribution in [2.24, 2.45) is 5.92 Å². The highest BCUT2D eigenvalue weighted by Gasteiger charge is 2.43. The maximum absolute atomic E-state index is 11.3. The Morgan fingerprint density at radius 1 is 1.00 bits per heavy atom. The molecular weight excluding hydrogens is 360 g/mol. The topological polar surface area (TPSA) is 55.2 Å². The minimum absolute atomic E-state index is 0.133. The molecule has 0 radical (unpaired) electrons. The summed E-state index contributed by atoms with van der Waals surface area (Å²) in [4.78, 5) is 11.0. The highest BCUT2D eigenvalue weighted by atomic mass is 35.5. The van der Waals surface area contributed by atoms with Crippen molar-refractivity contribution >= 4 is 23.0 Å². The minimum atomic E-state index is -0.318. The SMILES string of the molecule is O=[N+]([O-])c1ccc2c(c1)[C@@H]1c3ccccc3C[C@@H]1[C@@H](c1ccc(Cl)cc1)N2. The van der Waals surface area contributed by atoms with E-state index in [1.165, 1.54) is 16.7 Å². The molecule has 3 atom stereocenters. The summed E-state index contributed by atoms with van der Waals surface area (Å²) in [6.45, 7) is 0. The zero-order chi connectivity index (χ0) is 18.5. The van der Waals surface area contributed by atoms with Crippen molar-refractivity contribution in [1.82, 2.24) is 0 Å². The fraction of sp³-hybridized carbons (Fsp3) is 0.182. The second-order valence-corrected chi connectivity index (χ2v) is 7.68. The molecule has 3 aromatic rings. The van der Waals surface area contributed by atoms with Crippen molar-refractivity contribution in [1.29, 1.82) is 0 Å². The Labute approximate surface area is 161 Å². The quantitative estimate of drug-likeness (QED) is 0.459. The Morgan fingerprint density at radius 3 is 2.56 bits per heavy atom. The molecule has 2 aliphatic rings. The lowest BCUT2D eigenvalue weighted by atomic mass is 9.75. The number of nitro groups is 1. The van der Waals surface area contributed by atoms with Gasteiger partial charge >= 0.3 is 0 Å². The molecule has 0 fully saturated rings. The molecule has 134 valence electrons. The molecule has 0 aromatic heterocycles. The van der Waals surface area contributed by atoms with Gasteiger partial charge in [0.2, 0.25) is 0 Å². The molecule has 5 heteroatoms. The van der Waals surface area contributed by atoms with Gasteiger partial charge in [-0.05, 0) is 52.8 Å². The Morgan fingerprint density at radius 2 is 1.78 bits per heavy atom. The second-order valence-electron chi connectivity index (χ2n) is 7.25. The molecule has 0 spiro atoms. The summed E-state index contributed by atoms with van der Waals surface area (Å²) in [5.41, 5.74) is 5.93. The number of rotatable bonds is 2. The number of non-ortho nitro benzene ring substituents is 1. The highest BCUT2D eigenvalue weighted by molar-refractivity contribution is 6.30. The van der Waals surface area contributed by atoms with E-state index in [9.17, 15) is 10.1 Å².